The van der Waals surface area contributed by atoms with Crippen molar-refractivity contribution < 1.29 is 50.0 Å². The lowest BCUT2D eigenvalue weighted by atomic mass is 9.98. The van der Waals surface area contributed by atoms with Gasteiger partial charge in [0.1, 0.15) is 36.6 Å². The van der Waals surface area contributed by atoms with Gasteiger partial charge >= 0.3 is 0 Å². The van der Waals surface area contributed by atoms with Crippen molar-refractivity contribution in [2.24, 2.45) is 0 Å². The lowest BCUT2D eigenvalue weighted by molar-refractivity contribution is -0.319. The fourth-order valence-corrected chi connectivity index (χ4v) is 2.68. The smallest absolute Gasteiger partial charge is 0.187 e. The predicted molar refractivity (Wildman–Crippen MR) is 85.3 cm³/mol. The van der Waals surface area contributed by atoms with Crippen LogP contribution < -0.4 is 4.74 Å². The molecule has 1 saturated heterocycles. The number of aliphatic hydroxyl groups excluding tert-OH is 6. The van der Waals surface area contributed by atoms with Gasteiger partial charge in [0, 0.05) is 0 Å². The largest absolute Gasteiger partial charge is 0.504 e. The highest BCUT2D eigenvalue weighted by molar-refractivity contribution is 5.42. The zero-order chi connectivity index (χ0) is 19.4. The monoisotopic (exact) mass is 376 g/mol. The Bertz CT molecular complexity index is 580. The van der Waals surface area contributed by atoms with E-state index in [9.17, 15) is 35.7 Å². The molecule has 10 nitrogen and oxygen atoms in total. The molecule has 10 heteroatoms. The van der Waals surface area contributed by atoms with E-state index in [2.05, 4.69) is 0 Å². The summed E-state index contributed by atoms with van der Waals surface area (Å²) in [5.41, 5.74) is 0.290. The Kier molecular flexibility index (Phi) is 7.15. The Morgan fingerprint density at radius 1 is 1.12 bits per heavy atom. The van der Waals surface area contributed by atoms with Crippen LogP contribution in [0, 0.1) is 0 Å². The second-order valence-corrected chi connectivity index (χ2v) is 5.94. The molecule has 1 fully saturated rings. The van der Waals surface area contributed by atoms with E-state index in [4.69, 9.17) is 14.2 Å². The first-order valence-corrected chi connectivity index (χ1v) is 7.95. The van der Waals surface area contributed by atoms with Crippen molar-refractivity contribution in [3.05, 3.63) is 23.8 Å². The summed E-state index contributed by atoms with van der Waals surface area (Å²) < 4.78 is 15.8. The number of rotatable bonds is 7. The van der Waals surface area contributed by atoms with Gasteiger partial charge in [-0.2, -0.15) is 0 Å². The van der Waals surface area contributed by atoms with Crippen molar-refractivity contribution in [1.82, 2.24) is 0 Å². The third-order valence-electron chi connectivity index (χ3n) is 4.20. The molecule has 0 aromatic heterocycles. The summed E-state index contributed by atoms with van der Waals surface area (Å²) in [5, 5.41) is 68.0. The number of aromatic hydroxyl groups is 1. The number of methoxy groups -OCH3 is 1. The van der Waals surface area contributed by atoms with Crippen LogP contribution in [0.3, 0.4) is 0 Å². The van der Waals surface area contributed by atoms with Crippen LogP contribution in [0.15, 0.2) is 18.2 Å². The summed E-state index contributed by atoms with van der Waals surface area (Å²) in [4.78, 5) is 0. The van der Waals surface area contributed by atoms with Gasteiger partial charge in [-0.05, 0) is 17.7 Å². The van der Waals surface area contributed by atoms with E-state index >= 15 is 0 Å². The van der Waals surface area contributed by atoms with Crippen molar-refractivity contribution in [2.45, 2.75) is 42.9 Å². The second kappa shape index (κ2) is 8.93. The number of phenolic OH excluding ortho intramolecular Hbond substituents is 1. The molecule has 1 aromatic carbocycles. The molecule has 0 aliphatic carbocycles. The number of hydrogen-bond donors (Lipinski definition) is 7. The van der Waals surface area contributed by atoms with Crippen LogP contribution in [0.5, 0.6) is 11.5 Å². The Labute approximate surface area is 149 Å². The summed E-state index contributed by atoms with van der Waals surface area (Å²) in [6.07, 6.45) is -10.2. The van der Waals surface area contributed by atoms with Crippen LogP contribution in [0.1, 0.15) is 11.7 Å². The zero-order valence-electron chi connectivity index (χ0n) is 14.0. The van der Waals surface area contributed by atoms with E-state index in [1.807, 2.05) is 0 Å². The highest BCUT2D eigenvalue weighted by Gasteiger charge is 2.45. The number of aliphatic hydroxyl groups is 6. The lowest BCUT2D eigenvalue weighted by Crippen LogP contribution is -2.59. The van der Waals surface area contributed by atoms with Crippen LogP contribution in [0.4, 0.5) is 0 Å². The van der Waals surface area contributed by atoms with Gasteiger partial charge in [-0.3, -0.25) is 0 Å². The van der Waals surface area contributed by atoms with Crippen molar-refractivity contribution in [1.29, 1.82) is 0 Å². The standard InChI is InChI=1S/C16H24O10/c1-24-10-4-7(2-3-8(10)19)15(9(20)5-17)26-16-14(23)13(22)12(21)11(6-18)25-16/h2-4,9,11-23H,5-6H2,1H3/t9?,11-,12-,13+,14-,15?,16+/m1/s1. The second-order valence-electron chi connectivity index (χ2n) is 5.94. The van der Waals surface area contributed by atoms with Crippen LogP contribution in [-0.4, -0.2) is 92.9 Å². The molecular formula is C16H24O10. The van der Waals surface area contributed by atoms with Crippen molar-refractivity contribution in [3.8, 4) is 11.5 Å². The van der Waals surface area contributed by atoms with Crippen molar-refractivity contribution in [3.63, 3.8) is 0 Å². The number of phenols is 1. The normalized spacial score (nSPS) is 31.4. The van der Waals surface area contributed by atoms with Crippen molar-refractivity contribution in [2.75, 3.05) is 20.3 Å². The molecule has 0 saturated carbocycles. The molecule has 0 amide bonds. The van der Waals surface area contributed by atoms with Gasteiger partial charge in [0.15, 0.2) is 17.8 Å². The summed E-state index contributed by atoms with van der Waals surface area (Å²) >= 11 is 0. The van der Waals surface area contributed by atoms with Gasteiger partial charge in [0.25, 0.3) is 0 Å². The average Bonchev–Trinajstić information content (AvgIpc) is 2.65. The lowest BCUT2D eigenvalue weighted by Gasteiger charge is -2.41. The van der Waals surface area contributed by atoms with Gasteiger partial charge in [0.05, 0.1) is 20.3 Å². The Morgan fingerprint density at radius 2 is 1.81 bits per heavy atom. The molecule has 7 N–H and O–H groups in total. The first-order valence-electron chi connectivity index (χ1n) is 7.95. The molecular weight excluding hydrogens is 352 g/mol. The number of ether oxygens (including phenoxy) is 3. The van der Waals surface area contributed by atoms with Crippen LogP contribution >= 0.6 is 0 Å². The quantitative estimate of drug-likeness (QED) is 0.272. The summed E-state index contributed by atoms with van der Waals surface area (Å²) in [5.74, 6) is -0.0589. The zero-order valence-corrected chi connectivity index (χ0v) is 14.0. The van der Waals surface area contributed by atoms with E-state index in [1.165, 1.54) is 25.3 Å². The van der Waals surface area contributed by atoms with E-state index in [-0.39, 0.29) is 17.1 Å². The van der Waals surface area contributed by atoms with E-state index in [0.29, 0.717) is 0 Å². The molecule has 7 atom stereocenters. The molecule has 0 spiro atoms. The molecule has 1 aromatic rings. The van der Waals surface area contributed by atoms with Crippen LogP contribution in [0.2, 0.25) is 0 Å². The molecule has 1 aliphatic heterocycles. The Morgan fingerprint density at radius 3 is 2.38 bits per heavy atom. The highest BCUT2D eigenvalue weighted by Crippen LogP contribution is 2.34. The summed E-state index contributed by atoms with van der Waals surface area (Å²) in [6.45, 7) is -1.32. The minimum atomic E-state index is -1.67. The van der Waals surface area contributed by atoms with Crippen molar-refractivity contribution >= 4 is 0 Å². The average molecular weight is 376 g/mol. The first-order chi connectivity index (χ1) is 12.3. The maximum Gasteiger partial charge on any atom is 0.187 e. The SMILES string of the molecule is COc1cc(C(O[C@@H]2O[C@H](CO)[C@@H](O)[C@H](O)[C@H]2O)C(O)CO)ccc1O. The first kappa shape index (κ1) is 20.8. The maximum atomic E-state index is 10.1. The number of benzene rings is 1. The third-order valence-corrected chi connectivity index (χ3v) is 4.20. The molecule has 26 heavy (non-hydrogen) atoms. The minimum Gasteiger partial charge on any atom is -0.504 e. The van der Waals surface area contributed by atoms with Gasteiger partial charge in [0.2, 0.25) is 0 Å². The molecule has 2 unspecified atom stereocenters. The molecule has 0 radical (unpaired) electrons. The van der Waals surface area contributed by atoms with E-state index in [0.717, 1.165) is 0 Å². The van der Waals surface area contributed by atoms with Gasteiger partial charge < -0.3 is 50.0 Å². The minimum absolute atomic E-state index is 0.0926. The van der Waals surface area contributed by atoms with Crippen LogP contribution in [0.25, 0.3) is 0 Å². The molecule has 2 rings (SSSR count). The number of hydrogen-bond acceptors (Lipinski definition) is 10. The van der Waals surface area contributed by atoms with E-state index < -0.39 is 56.1 Å². The van der Waals surface area contributed by atoms with E-state index in [1.54, 1.807) is 0 Å². The molecule has 1 aliphatic rings. The predicted octanol–water partition coefficient (Wildman–Crippen LogP) is -2.39. The van der Waals surface area contributed by atoms with Gasteiger partial charge in [-0.25, -0.2) is 0 Å². The third kappa shape index (κ3) is 4.24. The van der Waals surface area contributed by atoms with Crippen LogP contribution in [-0.2, 0) is 9.47 Å². The molecule has 0 bridgehead atoms. The fourth-order valence-electron chi connectivity index (χ4n) is 2.68. The Hall–Kier alpha value is -1.50. The van der Waals surface area contributed by atoms with Gasteiger partial charge in [-0.15, -0.1) is 0 Å². The summed E-state index contributed by atoms with van der Waals surface area (Å²) in [7, 11) is 1.33. The van der Waals surface area contributed by atoms with Gasteiger partial charge in [-0.1, -0.05) is 6.07 Å². The maximum absolute atomic E-state index is 10.1. The molecule has 148 valence electrons. The topological polar surface area (TPSA) is 169 Å². The highest BCUT2D eigenvalue weighted by atomic mass is 16.7. The molecule has 1 heterocycles. The summed E-state index contributed by atoms with van der Waals surface area (Å²) in [6, 6.07) is 4.07. The Balaban J connectivity index is 2.28. The fraction of sp³-hybridized carbons (Fsp3) is 0.625.